The number of carboxylic acid groups (broad SMARTS) is 1. The van der Waals surface area contributed by atoms with E-state index in [4.69, 9.17) is 16.2 Å². The number of carboxylic acids is 1. The number of rotatable bonds is 20. The fourth-order valence-electron chi connectivity index (χ4n) is 7.00. The highest BCUT2D eigenvalue weighted by Gasteiger charge is 2.40. The van der Waals surface area contributed by atoms with Crippen molar-refractivity contribution >= 4 is 29.7 Å². The van der Waals surface area contributed by atoms with E-state index in [-0.39, 0.29) is 50.6 Å². The predicted molar refractivity (Wildman–Crippen MR) is 213 cm³/mol. The molecule has 3 atom stereocenters. The van der Waals surface area contributed by atoms with E-state index in [1.807, 2.05) is 74.5 Å². The fraction of sp³-hybridized carbons (Fsp3) is 0.585. The van der Waals surface area contributed by atoms with E-state index >= 15 is 0 Å². The minimum Gasteiger partial charge on any atom is -0.480 e. The average molecular weight is 779 g/mol. The van der Waals surface area contributed by atoms with Crippen molar-refractivity contribution in [2.45, 2.75) is 89.0 Å². The smallest absolute Gasteiger partial charge is 0.323 e. The molecule has 2 fully saturated rings. The molecule has 5 amide bonds. The number of ether oxygens (including phenoxy) is 1. The van der Waals surface area contributed by atoms with E-state index in [0.717, 1.165) is 24.2 Å². The maximum Gasteiger partial charge on any atom is 0.323 e. The summed E-state index contributed by atoms with van der Waals surface area (Å²) in [5, 5.41) is 18.4. The van der Waals surface area contributed by atoms with Crippen LogP contribution in [0, 0.1) is 5.92 Å². The quantitative estimate of drug-likeness (QED) is 0.107. The van der Waals surface area contributed by atoms with Crippen LogP contribution >= 0.6 is 0 Å². The van der Waals surface area contributed by atoms with Crippen molar-refractivity contribution in [3.8, 4) is 0 Å². The average Bonchev–Trinajstić information content (AvgIpc) is 3.19. The van der Waals surface area contributed by atoms with Gasteiger partial charge in [-0.05, 0) is 62.1 Å². The van der Waals surface area contributed by atoms with Gasteiger partial charge in [0.15, 0.2) is 0 Å². The zero-order valence-electron chi connectivity index (χ0n) is 33.0. The zero-order chi connectivity index (χ0) is 40.5. The van der Waals surface area contributed by atoms with E-state index in [2.05, 4.69) is 20.9 Å². The van der Waals surface area contributed by atoms with Gasteiger partial charge < -0.3 is 47.1 Å². The zero-order valence-corrected chi connectivity index (χ0v) is 33.0. The molecule has 2 aromatic rings. The number of hydrogen-bond acceptors (Lipinski definition) is 9. The van der Waals surface area contributed by atoms with Gasteiger partial charge in [0.2, 0.25) is 17.7 Å². The van der Waals surface area contributed by atoms with E-state index in [0.29, 0.717) is 58.7 Å². The number of carbonyl (C=O) groups excluding carboxylic acids is 4. The molecular formula is C41H62N8O7. The van der Waals surface area contributed by atoms with Crippen LogP contribution in [0.4, 0.5) is 4.79 Å². The lowest BCUT2D eigenvalue weighted by Gasteiger charge is -2.38. The number of carbonyl (C=O) groups is 5. The van der Waals surface area contributed by atoms with E-state index in [9.17, 15) is 29.1 Å². The molecule has 4 rings (SSSR count). The summed E-state index contributed by atoms with van der Waals surface area (Å²) in [6.07, 6.45) is 2.19. The van der Waals surface area contributed by atoms with Crippen LogP contribution in [-0.4, -0.2) is 132 Å². The van der Waals surface area contributed by atoms with Gasteiger partial charge in [0.05, 0.1) is 13.2 Å². The van der Waals surface area contributed by atoms with Crippen LogP contribution in [-0.2, 0) is 36.9 Å². The van der Waals surface area contributed by atoms with Crippen LogP contribution in [0.2, 0.25) is 0 Å². The molecule has 0 aliphatic carbocycles. The van der Waals surface area contributed by atoms with Gasteiger partial charge in [-0.3, -0.25) is 24.1 Å². The number of nitrogens with zero attached hydrogens (tertiary/aromatic N) is 3. The number of hydrogen-bond donors (Lipinski definition) is 6. The third kappa shape index (κ3) is 13.9. The summed E-state index contributed by atoms with van der Waals surface area (Å²) in [6.45, 7) is 8.81. The molecule has 0 unspecified atom stereocenters. The van der Waals surface area contributed by atoms with Crippen molar-refractivity contribution in [1.82, 2.24) is 30.7 Å². The second-order valence-electron chi connectivity index (χ2n) is 15.4. The Hall–Kier alpha value is -4.57. The molecule has 8 N–H and O–H groups in total. The Kier molecular flexibility index (Phi) is 17.5. The highest BCUT2D eigenvalue weighted by molar-refractivity contribution is 5.94. The molecule has 0 aromatic heterocycles. The number of morpholine rings is 1. The Morgan fingerprint density at radius 3 is 2.00 bits per heavy atom. The van der Waals surface area contributed by atoms with Gasteiger partial charge in [0, 0.05) is 52.2 Å². The number of unbranched alkanes of at least 4 members (excludes halogenated alkanes) is 1. The molecule has 308 valence electrons. The minimum absolute atomic E-state index is 0.00283. The summed E-state index contributed by atoms with van der Waals surface area (Å²) >= 11 is 0. The Bertz CT molecular complexity index is 1550. The Labute approximate surface area is 330 Å². The summed E-state index contributed by atoms with van der Waals surface area (Å²) in [6, 6.07) is 15.7. The molecule has 2 aromatic carbocycles. The first-order valence-corrected chi connectivity index (χ1v) is 19.9. The third-order valence-corrected chi connectivity index (χ3v) is 10.5. The molecule has 15 nitrogen and oxygen atoms in total. The first-order valence-electron chi connectivity index (χ1n) is 19.9. The van der Waals surface area contributed by atoms with E-state index in [1.54, 1.807) is 9.80 Å². The minimum atomic E-state index is -1.41. The van der Waals surface area contributed by atoms with E-state index in [1.165, 1.54) is 0 Å². The molecule has 56 heavy (non-hydrogen) atoms. The highest BCUT2D eigenvalue weighted by atomic mass is 16.5. The molecule has 0 bridgehead atoms. The van der Waals surface area contributed by atoms with Crippen LogP contribution in [0.25, 0.3) is 0 Å². The second kappa shape index (κ2) is 22.2. The van der Waals surface area contributed by atoms with Crippen LogP contribution < -0.4 is 27.4 Å². The van der Waals surface area contributed by atoms with Gasteiger partial charge >= 0.3 is 12.0 Å². The number of likely N-dealkylation sites (tertiary alicyclic amines) is 1. The van der Waals surface area contributed by atoms with Crippen LogP contribution in [0.5, 0.6) is 0 Å². The fourth-order valence-corrected chi connectivity index (χ4v) is 7.00. The maximum absolute atomic E-state index is 14.3. The number of nitrogens with two attached hydrogens (primary N) is 2. The predicted octanol–water partition coefficient (Wildman–Crippen LogP) is 1.69. The lowest BCUT2D eigenvalue weighted by atomic mass is 9.88. The lowest BCUT2D eigenvalue weighted by molar-refractivity contribution is -0.148. The number of benzene rings is 2. The number of piperidine rings is 1. The standard InChI is InChI=1S/C41H62N8O7/c1-30(2)27-34(36(50)44-33(15-9-10-18-42)38(52)48-19-16-41(43,17-20-48)39(53)54)45-37(51)35(28-31-11-5-3-6-12-31)46-40(55)49(29-32-13-7-4-8-14-32)22-21-47-23-25-56-26-24-47/h3-8,11-14,30,33-35H,9-10,15-29,42-43H2,1-2H3,(H,44,50)(H,45,51)(H,46,55)(H,53,54)/t33-,34-,35-/m1/s1. The van der Waals surface area contributed by atoms with Gasteiger partial charge in [0.25, 0.3) is 0 Å². The van der Waals surface area contributed by atoms with Gasteiger partial charge in [-0.15, -0.1) is 0 Å². The summed E-state index contributed by atoms with van der Waals surface area (Å²) in [5.41, 5.74) is 12.2. The number of nitrogens with one attached hydrogen (secondary N) is 3. The molecule has 0 saturated carbocycles. The highest BCUT2D eigenvalue weighted by Crippen LogP contribution is 2.21. The molecular weight excluding hydrogens is 716 g/mol. The Balaban J connectivity index is 1.52. The van der Waals surface area contributed by atoms with Gasteiger partial charge in [0.1, 0.15) is 23.7 Å². The Morgan fingerprint density at radius 1 is 0.821 bits per heavy atom. The van der Waals surface area contributed by atoms with Crippen molar-refractivity contribution in [2.24, 2.45) is 17.4 Å². The first kappa shape index (κ1) is 44.1. The van der Waals surface area contributed by atoms with Crippen molar-refractivity contribution in [1.29, 1.82) is 0 Å². The van der Waals surface area contributed by atoms with Crippen LogP contribution in [0.1, 0.15) is 63.5 Å². The topological polar surface area (TPSA) is 213 Å². The van der Waals surface area contributed by atoms with Gasteiger partial charge in [-0.25, -0.2) is 4.79 Å². The van der Waals surface area contributed by atoms with Crippen LogP contribution in [0.15, 0.2) is 60.7 Å². The molecule has 15 heteroatoms. The molecule has 0 radical (unpaired) electrons. The number of urea groups is 1. The van der Waals surface area contributed by atoms with Crippen LogP contribution in [0.3, 0.4) is 0 Å². The van der Waals surface area contributed by atoms with Gasteiger partial charge in [-0.2, -0.15) is 0 Å². The van der Waals surface area contributed by atoms with E-state index < -0.39 is 47.5 Å². The first-order chi connectivity index (χ1) is 26.9. The normalized spacial score (nSPS) is 17.3. The molecule has 2 aliphatic rings. The largest absolute Gasteiger partial charge is 0.480 e. The Morgan fingerprint density at radius 2 is 1.41 bits per heavy atom. The monoisotopic (exact) mass is 778 g/mol. The van der Waals surface area contributed by atoms with Crippen molar-refractivity contribution < 1.29 is 33.8 Å². The molecule has 2 aliphatic heterocycles. The summed E-state index contributed by atoms with van der Waals surface area (Å²) in [7, 11) is 0. The summed E-state index contributed by atoms with van der Waals surface area (Å²) in [4.78, 5) is 73.4. The second-order valence-corrected chi connectivity index (χ2v) is 15.4. The van der Waals surface area contributed by atoms with Crippen molar-refractivity contribution in [3.05, 3.63) is 71.8 Å². The molecule has 2 saturated heterocycles. The third-order valence-electron chi connectivity index (χ3n) is 10.5. The maximum atomic E-state index is 14.3. The number of aliphatic carboxylic acids is 1. The summed E-state index contributed by atoms with van der Waals surface area (Å²) < 4.78 is 5.50. The summed E-state index contributed by atoms with van der Waals surface area (Å²) in [5.74, 6) is -2.48. The number of amides is 5. The SMILES string of the molecule is CC(C)C[C@@H](NC(=O)[C@@H](Cc1ccccc1)NC(=O)N(CCN1CCOCC1)Cc1ccccc1)C(=O)N[C@H](CCCCN)C(=O)N1CCC(N)(C(=O)O)CC1. The van der Waals surface area contributed by atoms with Crippen molar-refractivity contribution in [2.75, 3.05) is 59.0 Å². The lowest BCUT2D eigenvalue weighted by Crippen LogP contribution is -2.60. The molecule has 2 heterocycles. The molecule has 0 spiro atoms. The van der Waals surface area contributed by atoms with Crippen molar-refractivity contribution in [3.63, 3.8) is 0 Å². The van der Waals surface area contributed by atoms with Gasteiger partial charge in [-0.1, -0.05) is 74.5 Å².